The molecule has 11 atom stereocenters. The Kier molecular flexibility index (Phi) is 7.63. The molecule has 0 aliphatic carbocycles. The lowest BCUT2D eigenvalue weighted by Crippen LogP contribution is -2.63. The molecular weight excluding hydrogens is 655 g/mol. The van der Waals surface area contributed by atoms with E-state index in [0.717, 1.165) is 11.2 Å². The number of hydrogen-bond donors (Lipinski definition) is 7. The third-order valence-electron chi connectivity index (χ3n) is 7.65. The lowest BCUT2D eigenvalue weighted by molar-refractivity contribution is -0.131. The van der Waals surface area contributed by atoms with Crippen molar-refractivity contribution in [2.24, 2.45) is 9.98 Å². The van der Waals surface area contributed by atoms with Crippen LogP contribution in [0.3, 0.4) is 0 Å². The number of alkyl halides is 1. The van der Waals surface area contributed by atoms with Crippen LogP contribution in [0.4, 0.5) is 4.39 Å². The van der Waals surface area contributed by atoms with Crippen molar-refractivity contribution < 1.29 is 55.9 Å². The highest BCUT2D eigenvalue weighted by Gasteiger charge is 2.55. The van der Waals surface area contributed by atoms with Gasteiger partial charge < -0.3 is 38.9 Å². The Morgan fingerprint density at radius 3 is 2.73 bits per heavy atom. The molecule has 7 aliphatic heterocycles. The summed E-state index contributed by atoms with van der Waals surface area (Å²) in [5.74, 6) is -1.53. The van der Waals surface area contributed by atoms with Crippen molar-refractivity contribution in [2.75, 3.05) is 19.9 Å². The summed E-state index contributed by atoms with van der Waals surface area (Å²) in [6.45, 7) is -5.19. The second-order valence-electron chi connectivity index (χ2n) is 10.4. The topological polar surface area (TPSA) is 250 Å². The number of carbonyl (C=O) groups is 2. The number of amidine groups is 1. The number of nitrogens with one attached hydrogen (secondary N) is 5. The zero-order chi connectivity index (χ0) is 31.0. The zero-order valence-corrected chi connectivity index (χ0v) is 24.8. The van der Waals surface area contributed by atoms with Gasteiger partial charge in [0.2, 0.25) is 5.96 Å². The summed E-state index contributed by atoms with van der Waals surface area (Å²) >= 11 is 5.19. The van der Waals surface area contributed by atoms with Crippen molar-refractivity contribution in [1.82, 2.24) is 31.3 Å². The van der Waals surface area contributed by atoms with Crippen molar-refractivity contribution in [3.05, 3.63) is 11.9 Å². The van der Waals surface area contributed by atoms with E-state index in [0.29, 0.717) is 5.70 Å². The molecule has 24 heteroatoms. The molecule has 0 radical (unpaired) electrons. The SMILES string of the molecule is N=C1N=C2C(N=CN2[C@@H]2O[C@@H]3COP(O)(=S)O[C@H]4C[C@H](C5=CNC6C(=O)NCNN56)O[C@@H]4COP(=O)(O)O[C@@H]2[C@@H]3F)C(=O)N1. The third-order valence-corrected chi connectivity index (χ3v) is 10.2. The first-order valence-corrected chi connectivity index (χ1v) is 17.3. The number of phosphoric acid groups is 1. The summed E-state index contributed by atoms with van der Waals surface area (Å²) in [6, 6.07) is -1.17. The number of fused-ring (bicyclic) bond motifs is 5. The molecule has 0 spiro atoms. The fraction of sp³-hybridized carbons (Fsp3) is 0.650. The van der Waals surface area contributed by atoms with Gasteiger partial charge in [0.15, 0.2) is 30.4 Å². The van der Waals surface area contributed by atoms with Crippen molar-refractivity contribution in [3.63, 3.8) is 0 Å². The zero-order valence-electron chi connectivity index (χ0n) is 22.2. The predicted molar refractivity (Wildman–Crippen MR) is 145 cm³/mol. The molecule has 2 amide bonds. The fourth-order valence-corrected chi connectivity index (χ4v) is 8.07. The minimum Gasteiger partial charge on any atom is -0.363 e. The molecule has 0 aromatic rings. The van der Waals surface area contributed by atoms with Gasteiger partial charge in [-0.3, -0.25) is 44.3 Å². The highest BCUT2D eigenvalue weighted by atomic mass is 32.5. The van der Waals surface area contributed by atoms with E-state index in [9.17, 15) is 23.9 Å². The van der Waals surface area contributed by atoms with Gasteiger partial charge in [-0.2, -0.15) is 4.99 Å². The predicted octanol–water partition coefficient (Wildman–Crippen LogP) is -2.82. The number of amides is 2. The molecule has 4 fully saturated rings. The van der Waals surface area contributed by atoms with E-state index in [2.05, 4.69) is 31.4 Å². The Labute approximate surface area is 252 Å². The molecule has 0 aromatic heterocycles. The Morgan fingerprint density at radius 2 is 1.91 bits per heavy atom. The van der Waals surface area contributed by atoms with Crippen LogP contribution in [0.25, 0.3) is 0 Å². The summed E-state index contributed by atoms with van der Waals surface area (Å²) < 4.78 is 62.4. The average Bonchev–Trinajstić information content (AvgIpc) is 3.72. The number of aliphatic imine (C=N–C) groups is 2. The molecule has 4 unspecified atom stereocenters. The first-order chi connectivity index (χ1) is 20.9. The number of halogens is 1. The number of nitrogens with zero attached hydrogens (tertiary/aromatic N) is 4. The number of carbonyl (C=O) groups excluding carboxylic acids is 2. The van der Waals surface area contributed by atoms with Crippen LogP contribution in [0.5, 0.6) is 0 Å². The summed E-state index contributed by atoms with van der Waals surface area (Å²) in [6.07, 6.45) is -7.77. The van der Waals surface area contributed by atoms with Crippen molar-refractivity contribution >= 4 is 56.3 Å². The number of rotatable bonds is 2. The molecule has 20 nitrogen and oxygen atoms in total. The molecule has 44 heavy (non-hydrogen) atoms. The van der Waals surface area contributed by atoms with E-state index < -0.39 is 94.7 Å². The van der Waals surface area contributed by atoms with Crippen LogP contribution in [0.2, 0.25) is 0 Å². The van der Waals surface area contributed by atoms with Gasteiger partial charge in [-0.05, 0) is 11.8 Å². The van der Waals surface area contributed by atoms with Crippen LogP contribution in [-0.4, -0.2) is 125 Å². The second-order valence-corrected chi connectivity index (χ2v) is 14.6. The van der Waals surface area contributed by atoms with Gasteiger partial charge in [0.05, 0.1) is 38.0 Å². The van der Waals surface area contributed by atoms with Gasteiger partial charge >= 0.3 is 14.5 Å². The number of guanidine groups is 1. The van der Waals surface area contributed by atoms with E-state index in [1.165, 1.54) is 0 Å². The van der Waals surface area contributed by atoms with Crippen LogP contribution in [-0.2, 0) is 53.5 Å². The molecule has 7 aliphatic rings. The summed E-state index contributed by atoms with van der Waals surface area (Å²) in [5, 5.41) is 17.1. The normalized spacial score (nSPS) is 45.5. The van der Waals surface area contributed by atoms with Crippen molar-refractivity contribution in [2.45, 2.75) is 61.5 Å². The van der Waals surface area contributed by atoms with Crippen LogP contribution >= 0.6 is 14.5 Å². The van der Waals surface area contributed by atoms with Gasteiger partial charge in [-0.1, -0.05) is 0 Å². The monoisotopic (exact) mass is 681 g/mol. The number of phosphoric ester groups is 1. The van der Waals surface area contributed by atoms with Gasteiger partial charge in [-0.25, -0.2) is 14.4 Å². The Bertz CT molecular complexity index is 1470. The largest absolute Gasteiger partial charge is 0.472 e. The highest BCUT2D eigenvalue weighted by molar-refractivity contribution is 8.07. The molecule has 2 bridgehead atoms. The molecule has 7 rings (SSSR count). The first-order valence-electron chi connectivity index (χ1n) is 13.2. The van der Waals surface area contributed by atoms with E-state index in [-0.39, 0.29) is 24.8 Å². The lowest BCUT2D eigenvalue weighted by Gasteiger charge is -2.34. The van der Waals surface area contributed by atoms with Crippen molar-refractivity contribution in [3.8, 4) is 0 Å². The maximum absolute atomic E-state index is 15.7. The van der Waals surface area contributed by atoms with E-state index in [1.807, 2.05) is 0 Å². The standard InChI is InChI=1S/C20H26FN9O11P2S/c21-12-11-4-37-43(35,44)40-9-1-8(7-2-23-16-18(32)24-5-26-30(7)16)38-10(9)3-36-42(33,34)41-14(12)19(39-11)29-6-25-13-15(29)27-20(22)28-17(13)31/h2,6,8-14,16,19,23,26H,1,3-5H2,(H,24,32)(H,33,34)(H,35,44)(H2,22,28,31)/t8-,9+,10-,11-,12-,13?,14-,16?,19-,43?/m1/s1. The first kappa shape index (κ1) is 30.2. The van der Waals surface area contributed by atoms with Crippen LogP contribution in [0, 0.1) is 5.41 Å². The fourth-order valence-electron chi connectivity index (χ4n) is 5.67. The Morgan fingerprint density at radius 1 is 1.11 bits per heavy atom. The maximum Gasteiger partial charge on any atom is 0.472 e. The number of hydrazine groups is 1. The number of hydrogen-bond acceptors (Lipinski definition) is 16. The average molecular weight is 681 g/mol. The summed E-state index contributed by atoms with van der Waals surface area (Å²) in [5.41, 5.74) is 3.53. The van der Waals surface area contributed by atoms with Crippen LogP contribution < -0.4 is 21.4 Å². The Balaban J connectivity index is 1.12. The minimum atomic E-state index is -5.04. The van der Waals surface area contributed by atoms with E-state index in [1.54, 1.807) is 11.2 Å². The van der Waals surface area contributed by atoms with E-state index >= 15 is 4.39 Å². The lowest BCUT2D eigenvalue weighted by atomic mass is 10.1. The summed E-state index contributed by atoms with van der Waals surface area (Å²) in [7, 11) is -5.04. The second kappa shape index (κ2) is 11.1. The van der Waals surface area contributed by atoms with Crippen molar-refractivity contribution in [1.29, 1.82) is 5.41 Å². The maximum atomic E-state index is 15.7. The quantitative estimate of drug-likeness (QED) is 0.145. The van der Waals surface area contributed by atoms with Crippen LogP contribution in [0.15, 0.2) is 21.9 Å². The smallest absolute Gasteiger partial charge is 0.363 e. The molecule has 240 valence electrons. The van der Waals surface area contributed by atoms with Crippen LogP contribution in [0.1, 0.15) is 6.42 Å². The Hall–Kier alpha value is -2.46. The van der Waals surface area contributed by atoms with Gasteiger partial charge in [0, 0.05) is 12.6 Å². The molecular formula is C20H26FN9O11P2S. The molecule has 0 saturated carbocycles. The molecule has 4 saturated heterocycles. The van der Waals surface area contributed by atoms with E-state index in [4.69, 9.17) is 44.8 Å². The minimum absolute atomic E-state index is 0.0729. The van der Waals surface area contributed by atoms with Gasteiger partial charge in [0.1, 0.15) is 24.4 Å². The van der Waals surface area contributed by atoms with Gasteiger partial charge in [0.25, 0.3) is 11.8 Å². The van der Waals surface area contributed by atoms with Gasteiger partial charge in [-0.15, -0.1) is 0 Å². The summed E-state index contributed by atoms with van der Waals surface area (Å²) in [4.78, 5) is 55.1. The number of ether oxygens (including phenoxy) is 2. The molecule has 0 aromatic carbocycles. The highest BCUT2D eigenvalue weighted by Crippen LogP contribution is 2.53. The molecule has 7 heterocycles. The third kappa shape index (κ3) is 5.48. The molecule has 7 N–H and O–H groups in total.